The van der Waals surface area contributed by atoms with E-state index in [1.165, 1.54) is 18.9 Å². The fourth-order valence-electron chi connectivity index (χ4n) is 3.97. The van der Waals surface area contributed by atoms with Gasteiger partial charge in [-0.3, -0.25) is 9.89 Å². The molecule has 1 heterocycles. The molecule has 31 heavy (non-hydrogen) atoms. The van der Waals surface area contributed by atoms with Crippen LogP contribution in [0.3, 0.4) is 0 Å². The van der Waals surface area contributed by atoms with E-state index in [1.54, 1.807) is 25.3 Å². The lowest BCUT2D eigenvalue weighted by molar-refractivity contribution is 0.176. The molecule has 1 saturated heterocycles. The van der Waals surface area contributed by atoms with Gasteiger partial charge in [-0.1, -0.05) is 36.4 Å². The SMILES string of the molecule is CCNC(=NCC(c1ccccc1OC)N1CCCC1)NCC(O)c1ccccc1F. The third kappa shape index (κ3) is 6.18. The maximum atomic E-state index is 13.9. The number of aliphatic imine (C=N–C) groups is 1. The predicted octanol–water partition coefficient (Wildman–Crippen LogP) is 3.26. The van der Waals surface area contributed by atoms with Gasteiger partial charge >= 0.3 is 0 Å². The Labute approximate surface area is 184 Å². The summed E-state index contributed by atoms with van der Waals surface area (Å²) in [5, 5.41) is 16.8. The minimum atomic E-state index is -0.964. The number of para-hydroxylation sites is 1. The number of halogens is 1. The van der Waals surface area contributed by atoms with E-state index in [-0.39, 0.29) is 18.2 Å². The highest BCUT2D eigenvalue weighted by Gasteiger charge is 2.26. The number of hydrogen-bond donors (Lipinski definition) is 3. The van der Waals surface area contributed by atoms with E-state index in [0.717, 1.165) is 24.4 Å². The molecule has 2 atom stereocenters. The Morgan fingerprint density at radius 1 is 1.10 bits per heavy atom. The van der Waals surface area contributed by atoms with E-state index in [4.69, 9.17) is 9.73 Å². The second kappa shape index (κ2) is 11.7. The van der Waals surface area contributed by atoms with E-state index in [1.807, 2.05) is 25.1 Å². The van der Waals surface area contributed by atoms with Crippen LogP contribution in [-0.2, 0) is 0 Å². The maximum absolute atomic E-state index is 13.9. The van der Waals surface area contributed by atoms with Crippen LogP contribution in [0.25, 0.3) is 0 Å². The molecule has 7 heteroatoms. The van der Waals surface area contributed by atoms with Crippen LogP contribution in [0.5, 0.6) is 5.75 Å². The Kier molecular flexibility index (Phi) is 8.67. The lowest BCUT2D eigenvalue weighted by atomic mass is 10.0. The van der Waals surface area contributed by atoms with Gasteiger partial charge in [0.05, 0.1) is 25.8 Å². The van der Waals surface area contributed by atoms with Crippen molar-refractivity contribution in [2.24, 2.45) is 4.99 Å². The summed E-state index contributed by atoms with van der Waals surface area (Å²) in [4.78, 5) is 7.23. The molecule has 1 fully saturated rings. The van der Waals surface area contributed by atoms with Crippen LogP contribution in [0.15, 0.2) is 53.5 Å². The molecule has 0 amide bonds. The second-order valence-electron chi connectivity index (χ2n) is 7.64. The minimum absolute atomic E-state index is 0.102. The van der Waals surface area contributed by atoms with Gasteiger partial charge < -0.3 is 20.5 Å². The monoisotopic (exact) mass is 428 g/mol. The van der Waals surface area contributed by atoms with Gasteiger partial charge in [0.1, 0.15) is 11.6 Å². The topological polar surface area (TPSA) is 69.1 Å². The molecule has 2 aromatic carbocycles. The van der Waals surface area contributed by atoms with E-state index >= 15 is 0 Å². The van der Waals surface area contributed by atoms with Gasteiger partial charge in [0.25, 0.3) is 0 Å². The number of rotatable bonds is 9. The lowest BCUT2D eigenvalue weighted by Crippen LogP contribution is -2.40. The number of aliphatic hydroxyl groups excluding tert-OH is 1. The highest BCUT2D eigenvalue weighted by atomic mass is 19.1. The van der Waals surface area contributed by atoms with Gasteiger partial charge in [-0.25, -0.2) is 4.39 Å². The molecule has 0 aromatic heterocycles. The van der Waals surface area contributed by atoms with Crippen molar-refractivity contribution in [1.82, 2.24) is 15.5 Å². The van der Waals surface area contributed by atoms with Gasteiger partial charge in [0.2, 0.25) is 0 Å². The summed E-state index contributed by atoms with van der Waals surface area (Å²) in [6, 6.07) is 14.5. The maximum Gasteiger partial charge on any atom is 0.191 e. The van der Waals surface area contributed by atoms with Crippen LogP contribution in [0.2, 0.25) is 0 Å². The number of aliphatic hydroxyl groups is 1. The number of ether oxygens (including phenoxy) is 1. The van der Waals surface area contributed by atoms with Crippen molar-refractivity contribution >= 4 is 5.96 Å². The molecular formula is C24H33FN4O2. The van der Waals surface area contributed by atoms with Crippen molar-refractivity contribution in [2.45, 2.75) is 31.9 Å². The molecule has 0 aliphatic carbocycles. The summed E-state index contributed by atoms with van der Waals surface area (Å²) >= 11 is 0. The average Bonchev–Trinajstić information content (AvgIpc) is 3.32. The summed E-state index contributed by atoms with van der Waals surface area (Å²) in [5.74, 6) is 1.04. The Bertz CT molecular complexity index is 855. The van der Waals surface area contributed by atoms with Crippen LogP contribution in [0.1, 0.15) is 43.0 Å². The zero-order valence-corrected chi connectivity index (χ0v) is 18.4. The van der Waals surface area contributed by atoms with Crippen LogP contribution in [-0.4, -0.2) is 55.8 Å². The summed E-state index contributed by atoms with van der Waals surface area (Å²) in [6.07, 6.45) is 1.40. The first kappa shape index (κ1) is 23.0. The van der Waals surface area contributed by atoms with Gasteiger partial charge in [-0.15, -0.1) is 0 Å². The molecule has 1 aliphatic rings. The minimum Gasteiger partial charge on any atom is -0.496 e. The van der Waals surface area contributed by atoms with Crippen molar-refractivity contribution < 1.29 is 14.2 Å². The number of nitrogens with one attached hydrogen (secondary N) is 2. The number of nitrogens with zero attached hydrogens (tertiary/aromatic N) is 2. The van der Waals surface area contributed by atoms with Crippen LogP contribution >= 0.6 is 0 Å². The normalized spacial score (nSPS) is 16.7. The van der Waals surface area contributed by atoms with E-state index in [0.29, 0.717) is 19.0 Å². The Balaban J connectivity index is 1.73. The third-order valence-electron chi connectivity index (χ3n) is 5.57. The first-order valence-electron chi connectivity index (χ1n) is 11.0. The number of hydrogen-bond acceptors (Lipinski definition) is 4. The van der Waals surface area contributed by atoms with Gasteiger partial charge in [-0.2, -0.15) is 0 Å². The second-order valence-corrected chi connectivity index (χ2v) is 7.64. The number of methoxy groups -OCH3 is 1. The fourth-order valence-corrected chi connectivity index (χ4v) is 3.97. The summed E-state index contributed by atoms with van der Waals surface area (Å²) in [7, 11) is 1.69. The molecule has 0 bridgehead atoms. The van der Waals surface area contributed by atoms with Crippen molar-refractivity contribution in [3.05, 3.63) is 65.5 Å². The molecule has 0 spiro atoms. The number of likely N-dealkylation sites (tertiary alicyclic amines) is 1. The third-order valence-corrected chi connectivity index (χ3v) is 5.57. The fraction of sp³-hybridized carbons (Fsp3) is 0.458. The Morgan fingerprint density at radius 3 is 2.45 bits per heavy atom. The first-order valence-corrected chi connectivity index (χ1v) is 11.0. The number of benzene rings is 2. The van der Waals surface area contributed by atoms with E-state index in [9.17, 15) is 9.50 Å². The molecule has 2 aromatic rings. The smallest absolute Gasteiger partial charge is 0.191 e. The first-order chi connectivity index (χ1) is 15.1. The summed E-state index contributed by atoms with van der Waals surface area (Å²) in [6.45, 7) is 5.46. The Morgan fingerprint density at radius 2 is 1.77 bits per heavy atom. The number of guanidine groups is 1. The van der Waals surface area contributed by atoms with Gasteiger partial charge in [0.15, 0.2) is 5.96 Å². The van der Waals surface area contributed by atoms with E-state index in [2.05, 4.69) is 21.6 Å². The van der Waals surface area contributed by atoms with Crippen molar-refractivity contribution in [3.63, 3.8) is 0 Å². The van der Waals surface area contributed by atoms with Crippen LogP contribution in [0.4, 0.5) is 4.39 Å². The average molecular weight is 429 g/mol. The predicted molar refractivity (Wildman–Crippen MR) is 122 cm³/mol. The zero-order chi connectivity index (χ0) is 22.1. The molecule has 2 unspecified atom stereocenters. The Hall–Kier alpha value is -2.64. The summed E-state index contributed by atoms with van der Waals surface area (Å²) in [5.41, 5.74) is 1.40. The quantitative estimate of drug-likeness (QED) is 0.423. The van der Waals surface area contributed by atoms with Crippen molar-refractivity contribution in [3.8, 4) is 5.75 Å². The molecule has 3 rings (SSSR count). The van der Waals surface area contributed by atoms with E-state index < -0.39 is 11.9 Å². The summed E-state index contributed by atoms with van der Waals surface area (Å²) < 4.78 is 19.6. The molecular weight excluding hydrogens is 395 g/mol. The molecule has 168 valence electrons. The highest BCUT2D eigenvalue weighted by Crippen LogP contribution is 2.31. The highest BCUT2D eigenvalue weighted by molar-refractivity contribution is 5.79. The van der Waals surface area contributed by atoms with Crippen molar-refractivity contribution in [2.75, 3.05) is 39.8 Å². The van der Waals surface area contributed by atoms with Gasteiger partial charge in [-0.05, 0) is 45.0 Å². The lowest BCUT2D eigenvalue weighted by Gasteiger charge is -2.28. The zero-order valence-electron chi connectivity index (χ0n) is 18.4. The van der Waals surface area contributed by atoms with Crippen LogP contribution < -0.4 is 15.4 Å². The van der Waals surface area contributed by atoms with Crippen molar-refractivity contribution in [1.29, 1.82) is 0 Å². The molecule has 0 saturated carbocycles. The largest absolute Gasteiger partial charge is 0.496 e. The molecule has 6 nitrogen and oxygen atoms in total. The van der Waals surface area contributed by atoms with Gasteiger partial charge in [0, 0.05) is 24.2 Å². The standard InChI is InChI=1S/C24H33FN4O2/c1-3-26-24(28-17-22(30)18-10-4-6-12-20(18)25)27-16-21(29-14-8-9-15-29)19-11-5-7-13-23(19)31-2/h4-7,10-13,21-22,30H,3,8-9,14-17H2,1-2H3,(H2,26,27,28). The molecule has 3 N–H and O–H groups in total. The van der Waals surface area contributed by atoms with Crippen LogP contribution in [0, 0.1) is 5.82 Å². The molecule has 0 radical (unpaired) electrons. The molecule has 1 aliphatic heterocycles.